The summed E-state index contributed by atoms with van der Waals surface area (Å²) in [6.07, 6.45) is 0.736. The fourth-order valence-electron chi connectivity index (χ4n) is 3.94. The average Bonchev–Trinajstić information content (AvgIpc) is 2.91. The second-order valence-electron chi connectivity index (χ2n) is 9.78. The fourth-order valence-corrected chi connectivity index (χ4v) is 5.66. The van der Waals surface area contributed by atoms with Gasteiger partial charge < -0.3 is 10.2 Å². The summed E-state index contributed by atoms with van der Waals surface area (Å²) in [5, 5.41) is 3.12. The van der Waals surface area contributed by atoms with Gasteiger partial charge in [0, 0.05) is 12.6 Å². The van der Waals surface area contributed by atoms with Crippen LogP contribution < -0.4 is 9.62 Å². The molecule has 0 aromatic heterocycles. The summed E-state index contributed by atoms with van der Waals surface area (Å²) in [6.45, 7) is 8.93. The lowest BCUT2D eigenvalue weighted by atomic mass is 10.1. The number of anilines is 1. The van der Waals surface area contributed by atoms with Gasteiger partial charge in [0.15, 0.2) is 0 Å². The van der Waals surface area contributed by atoms with Crippen molar-refractivity contribution in [1.82, 2.24) is 10.2 Å². The summed E-state index contributed by atoms with van der Waals surface area (Å²) in [7, 11) is -4.17. The quantitative estimate of drug-likeness (QED) is 0.331. The number of sulfonamides is 1. The third kappa shape index (κ3) is 7.61. The zero-order chi connectivity index (χ0) is 28.7. The maximum Gasteiger partial charge on any atom is 0.264 e. The molecule has 3 rings (SSSR count). The van der Waals surface area contributed by atoms with Gasteiger partial charge >= 0.3 is 0 Å². The molecule has 208 valence electrons. The van der Waals surface area contributed by atoms with Crippen LogP contribution in [-0.2, 0) is 26.2 Å². The van der Waals surface area contributed by atoms with Crippen molar-refractivity contribution in [3.8, 4) is 0 Å². The average molecular weight is 570 g/mol. The normalized spacial score (nSPS) is 12.9. The molecule has 0 spiro atoms. The van der Waals surface area contributed by atoms with Crippen LogP contribution in [0.4, 0.5) is 5.69 Å². The molecule has 7 nitrogen and oxygen atoms in total. The first-order valence-corrected chi connectivity index (χ1v) is 14.7. The summed E-state index contributed by atoms with van der Waals surface area (Å²) >= 11 is 6.44. The lowest BCUT2D eigenvalue weighted by molar-refractivity contribution is -0.139. The predicted octanol–water partition coefficient (Wildman–Crippen LogP) is 5.48. The van der Waals surface area contributed by atoms with Crippen LogP contribution >= 0.6 is 11.6 Å². The molecule has 9 heteroatoms. The molecule has 0 saturated heterocycles. The minimum absolute atomic E-state index is 0.0356. The monoisotopic (exact) mass is 569 g/mol. The van der Waals surface area contributed by atoms with Crippen molar-refractivity contribution in [3.63, 3.8) is 0 Å². The van der Waals surface area contributed by atoms with Crippen LogP contribution in [0.2, 0.25) is 5.02 Å². The van der Waals surface area contributed by atoms with Gasteiger partial charge in [-0.3, -0.25) is 13.9 Å². The van der Waals surface area contributed by atoms with Crippen LogP contribution in [0.3, 0.4) is 0 Å². The molecule has 39 heavy (non-hydrogen) atoms. The Morgan fingerprint density at radius 2 is 1.46 bits per heavy atom. The number of carbonyl (C=O) groups is 2. The van der Waals surface area contributed by atoms with Crippen molar-refractivity contribution in [1.29, 1.82) is 0 Å². The van der Waals surface area contributed by atoms with Crippen molar-refractivity contribution in [2.45, 2.75) is 64.6 Å². The van der Waals surface area contributed by atoms with E-state index in [0.717, 1.165) is 27.4 Å². The van der Waals surface area contributed by atoms with Crippen LogP contribution in [-0.4, -0.2) is 43.8 Å². The molecule has 2 amide bonds. The van der Waals surface area contributed by atoms with E-state index in [-0.39, 0.29) is 34.1 Å². The van der Waals surface area contributed by atoms with Gasteiger partial charge in [0.05, 0.1) is 15.6 Å². The van der Waals surface area contributed by atoms with Crippen molar-refractivity contribution in [2.24, 2.45) is 0 Å². The van der Waals surface area contributed by atoms with E-state index in [0.29, 0.717) is 0 Å². The van der Waals surface area contributed by atoms with Crippen LogP contribution in [0.1, 0.15) is 43.9 Å². The molecular formula is C30H36ClN3O4S. The number of hydrogen-bond donors (Lipinski definition) is 1. The highest BCUT2D eigenvalue weighted by molar-refractivity contribution is 7.92. The van der Waals surface area contributed by atoms with E-state index in [2.05, 4.69) is 5.32 Å². The highest BCUT2D eigenvalue weighted by Gasteiger charge is 2.33. The molecule has 2 atom stereocenters. The fraction of sp³-hybridized carbons (Fsp3) is 0.333. The molecule has 0 unspecified atom stereocenters. The molecule has 0 saturated carbocycles. The molecule has 0 heterocycles. The maximum absolute atomic E-state index is 13.9. The summed E-state index contributed by atoms with van der Waals surface area (Å²) in [6, 6.07) is 19.6. The smallest absolute Gasteiger partial charge is 0.264 e. The Kier molecular flexibility index (Phi) is 10.2. The third-order valence-electron chi connectivity index (χ3n) is 6.65. The molecule has 3 aromatic carbocycles. The number of nitrogens with one attached hydrogen (secondary N) is 1. The number of hydrogen-bond acceptors (Lipinski definition) is 4. The van der Waals surface area contributed by atoms with Crippen LogP contribution in [0.5, 0.6) is 0 Å². The number of aryl methyl sites for hydroxylation is 2. The third-order valence-corrected chi connectivity index (χ3v) is 8.74. The van der Waals surface area contributed by atoms with Crippen molar-refractivity contribution in [2.75, 3.05) is 10.8 Å². The van der Waals surface area contributed by atoms with Gasteiger partial charge in [0.1, 0.15) is 12.6 Å². The maximum atomic E-state index is 13.9. The Morgan fingerprint density at radius 3 is 2.03 bits per heavy atom. The summed E-state index contributed by atoms with van der Waals surface area (Å²) in [4.78, 5) is 28.5. The number of halogens is 1. The summed E-state index contributed by atoms with van der Waals surface area (Å²) in [5.41, 5.74) is 2.97. The van der Waals surface area contributed by atoms with E-state index in [1.54, 1.807) is 43.3 Å². The minimum atomic E-state index is -4.17. The van der Waals surface area contributed by atoms with Crippen LogP contribution in [0.15, 0.2) is 77.7 Å². The molecule has 0 aliphatic rings. The number of nitrogens with zero attached hydrogens (tertiary/aromatic N) is 2. The lowest BCUT2D eigenvalue weighted by Gasteiger charge is -2.32. The van der Waals surface area contributed by atoms with E-state index >= 15 is 0 Å². The standard InChI is InChI=1S/C30H36ClN3O4S/c1-6-23(4)32-30(36)24(5)33(19-25-15-11-21(2)12-16-25)29(35)20-34(28-10-8-7-9-27(28)31)39(37,38)26-17-13-22(3)14-18-26/h7-18,23-24H,6,19-20H2,1-5H3,(H,32,36)/t23-,24-/m0/s1. The van der Waals surface area contributed by atoms with Gasteiger partial charge in [-0.25, -0.2) is 8.42 Å². The zero-order valence-electron chi connectivity index (χ0n) is 23.0. The second-order valence-corrected chi connectivity index (χ2v) is 12.0. The van der Waals surface area contributed by atoms with Crippen LogP contribution in [0, 0.1) is 13.8 Å². The van der Waals surface area contributed by atoms with E-state index in [1.165, 1.54) is 17.0 Å². The van der Waals surface area contributed by atoms with Gasteiger partial charge in [-0.2, -0.15) is 0 Å². The number of rotatable bonds is 11. The van der Waals surface area contributed by atoms with Crippen molar-refractivity contribution in [3.05, 3.63) is 94.5 Å². The Balaban J connectivity index is 2.03. The molecule has 0 aliphatic heterocycles. The van der Waals surface area contributed by atoms with Crippen molar-refractivity contribution < 1.29 is 18.0 Å². The molecule has 3 aromatic rings. The van der Waals surface area contributed by atoms with Gasteiger partial charge in [0.25, 0.3) is 10.0 Å². The Morgan fingerprint density at radius 1 is 0.897 bits per heavy atom. The molecular weight excluding hydrogens is 534 g/mol. The Labute approximate surface area is 236 Å². The SMILES string of the molecule is CC[C@H](C)NC(=O)[C@H](C)N(Cc1ccc(C)cc1)C(=O)CN(c1ccccc1Cl)S(=O)(=O)c1ccc(C)cc1. The Bertz CT molecular complexity index is 1390. The minimum Gasteiger partial charge on any atom is -0.352 e. The van der Waals surface area contributed by atoms with Gasteiger partial charge in [-0.05, 0) is 63.9 Å². The molecule has 0 fully saturated rings. The highest BCUT2D eigenvalue weighted by atomic mass is 35.5. The molecule has 0 bridgehead atoms. The summed E-state index contributed by atoms with van der Waals surface area (Å²) < 4.78 is 28.7. The van der Waals surface area contributed by atoms with E-state index in [4.69, 9.17) is 11.6 Å². The van der Waals surface area contributed by atoms with E-state index in [9.17, 15) is 18.0 Å². The predicted molar refractivity (Wildman–Crippen MR) is 156 cm³/mol. The first-order chi connectivity index (χ1) is 18.4. The van der Waals surface area contributed by atoms with Gasteiger partial charge in [0.2, 0.25) is 11.8 Å². The molecule has 0 aliphatic carbocycles. The molecule has 1 N–H and O–H groups in total. The van der Waals surface area contributed by atoms with Gasteiger partial charge in [-0.1, -0.05) is 78.2 Å². The number of benzene rings is 3. The summed E-state index contributed by atoms with van der Waals surface area (Å²) in [5.74, 6) is -0.839. The van der Waals surface area contributed by atoms with Crippen LogP contribution in [0.25, 0.3) is 0 Å². The highest BCUT2D eigenvalue weighted by Crippen LogP contribution is 2.31. The Hall–Kier alpha value is -3.36. The van der Waals surface area contributed by atoms with Gasteiger partial charge in [-0.15, -0.1) is 0 Å². The topological polar surface area (TPSA) is 86.8 Å². The second kappa shape index (κ2) is 13.1. The number of carbonyl (C=O) groups excluding carboxylic acids is 2. The number of para-hydroxylation sites is 1. The zero-order valence-corrected chi connectivity index (χ0v) is 24.6. The van der Waals surface area contributed by atoms with E-state index < -0.39 is 28.5 Å². The lowest BCUT2D eigenvalue weighted by Crippen LogP contribution is -2.52. The number of amides is 2. The van der Waals surface area contributed by atoms with E-state index in [1.807, 2.05) is 52.0 Å². The first-order valence-electron chi connectivity index (χ1n) is 12.9. The first kappa shape index (κ1) is 30.2. The van der Waals surface area contributed by atoms with Crippen molar-refractivity contribution >= 4 is 39.1 Å². The molecule has 0 radical (unpaired) electrons. The largest absolute Gasteiger partial charge is 0.352 e.